The van der Waals surface area contributed by atoms with Crippen LogP contribution >= 0.6 is 23.1 Å². The van der Waals surface area contributed by atoms with E-state index in [0.717, 1.165) is 5.75 Å². The van der Waals surface area contributed by atoms with E-state index >= 15 is 0 Å². The lowest BCUT2D eigenvalue weighted by molar-refractivity contribution is 1.04. The number of thioether (sulfide) groups is 1. The van der Waals surface area contributed by atoms with Crippen LogP contribution in [0.3, 0.4) is 0 Å². The van der Waals surface area contributed by atoms with Gasteiger partial charge < -0.3 is 5.73 Å². The van der Waals surface area contributed by atoms with Crippen molar-refractivity contribution in [2.24, 2.45) is 5.73 Å². The maximum atomic E-state index is 5.69. The molecule has 0 saturated heterocycles. The fourth-order valence-corrected chi connectivity index (χ4v) is 3.21. The molecule has 15 heavy (non-hydrogen) atoms. The van der Waals surface area contributed by atoms with Gasteiger partial charge in [0.15, 0.2) is 0 Å². The summed E-state index contributed by atoms with van der Waals surface area (Å²) in [5.41, 5.74) is 8.29. The van der Waals surface area contributed by atoms with Gasteiger partial charge in [-0.2, -0.15) is 0 Å². The molecule has 0 aliphatic carbocycles. The van der Waals surface area contributed by atoms with Gasteiger partial charge in [0.2, 0.25) is 0 Å². The van der Waals surface area contributed by atoms with Crippen LogP contribution in [-0.4, -0.2) is 0 Å². The third-order valence-corrected chi connectivity index (χ3v) is 4.38. The fraction of sp³-hybridized carbons (Fsp3) is 0.167. The van der Waals surface area contributed by atoms with E-state index in [1.54, 1.807) is 11.3 Å². The van der Waals surface area contributed by atoms with Crippen molar-refractivity contribution in [2.75, 3.05) is 0 Å². The summed E-state index contributed by atoms with van der Waals surface area (Å²) >= 11 is 3.66. The maximum Gasteiger partial charge on any atom is 0.0601 e. The van der Waals surface area contributed by atoms with Crippen molar-refractivity contribution in [3.63, 3.8) is 0 Å². The van der Waals surface area contributed by atoms with E-state index < -0.39 is 0 Å². The second-order valence-electron chi connectivity index (χ2n) is 3.19. The molecule has 0 radical (unpaired) electrons. The summed E-state index contributed by atoms with van der Waals surface area (Å²) < 4.78 is 1.36. The van der Waals surface area contributed by atoms with E-state index in [-0.39, 0.29) is 0 Å². The Labute approximate surface area is 98.3 Å². The molecule has 0 fully saturated rings. The molecular weight excluding hydrogens is 222 g/mol. The Hall–Kier alpha value is -0.770. The predicted octanol–water partition coefficient (Wildman–Crippen LogP) is 3.50. The molecule has 1 aromatic heterocycles. The van der Waals surface area contributed by atoms with Gasteiger partial charge in [-0.25, -0.2) is 0 Å². The van der Waals surface area contributed by atoms with Crippen molar-refractivity contribution in [1.82, 2.24) is 0 Å². The molecule has 0 unspecified atom stereocenters. The van der Waals surface area contributed by atoms with E-state index in [9.17, 15) is 0 Å². The lowest BCUT2D eigenvalue weighted by Crippen LogP contribution is -1.99. The van der Waals surface area contributed by atoms with Gasteiger partial charge in [0.25, 0.3) is 0 Å². The maximum absolute atomic E-state index is 5.69. The summed E-state index contributed by atoms with van der Waals surface area (Å²) in [5, 5.41) is 2.11. The molecule has 0 spiro atoms. The van der Waals surface area contributed by atoms with Gasteiger partial charge in [0, 0.05) is 12.3 Å². The normalized spacial score (nSPS) is 10.5. The molecular formula is C12H13NS2. The standard InChI is InChI=1S/C12H13NS2/c13-8-10-4-1-2-5-11(10)9-15-12-6-3-7-14-12/h1-7H,8-9,13H2. The zero-order valence-electron chi connectivity index (χ0n) is 8.35. The van der Waals surface area contributed by atoms with E-state index in [2.05, 4.69) is 35.7 Å². The van der Waals surface area contributed by atoms with Crippen molar-refractivity contribution < 1.29 is 0 Å². The fourth-order valence-electron chi connectivity index (χ4n) is 1.39. The Balaban J connectivity index is 2.04. The van der Waals surface area contributed by atoms with Gasteiger partial charge in [-0.05, 0) is 22.6 Å². The van der Waals surface area contributed by atoms with Crippen LogP contribution in [0.4, 0.5) is 0 Å². The average molecular weight is 235 g/mol. The molecule has 0 aliphatic heterocycles. The largest absolute Gasteiger partial charge is 0.326 e. The van der Waals surface area contributed by atoms with Gasteiger partial charge in [0.1, 0.15) is 0 Å². The van der Waals surface area contributed by atoms with E-state index in [1.807, 2.05) is 17.8 Å². The van der Waals surface area contributed by atoms with Crippen LogP contribution in [0.5, 0.6) is 0 Å². The lowest BCUT2D eigenvalue weighted by atomic mass is 10.1. The summed E-state index contributed by atoms with van der Waals surface area (Å²) in [6.07, 6.45) is 0. The highest BCUT2D eigenvalue weighted by atomic mass is 32.2. The van der Waals surface area contributed by atoms with Crippen LogP contribution in [0.1, 0.15) is 11.1 Å². The second-order valence-corrected chi connectivity index (χ2v) is 5.42. The Morgan fingerprint density at radius 3 is 2.53 bits per heavy atom. The quantitative estimate of drug-likeness (QED) is 0.821. The number of hydrogen-bond acceptors (Lipinski definition) is 3. The number of hydrogen-bond donors (Lipinski definition) is 1. The topological polar surface area (TPSA) is 26.0 Å². The van der Waals surface area contributed by atoms with E-state index in [4.69, 9.17) is 5.73 Å². The van der Waals surface area contributed by atoms with E-state index in [0.29, 0.717) is 6.54 Å². The van der Waals surface area contributed by atoms with Crippen molar-refractivity contribution in [3.05, 3.63) is 52.9 Å². The minimum atomic E-state index is 0.626. The highest BCUT2D eigenvalue weighted by molar-refractivity contribution is 8.00. The van der Waals surface area contributed by atoms with E-state index in [1.165, 1.54) is 15.3 Å². The van der Waals surface area contributed by atoms with Crippen LogP contribution in [0.15, 0.2) is 46.0 Å². The Morgan fingerprint density at radius 1 is 1.07 bits per heavy atom. The molecule has 0 aliphatic rings. The first-order valence-electron chi connectivity index (χ1n) is 4.83. The van der Waals surface area contributed by atoms with Gasteiger partial charge >= 0.3 is 0 Å². The van der Waals surface area contributed by atoms with Crippen LogP contribution in [-0.2, 0) is 12.3 Å². The molecule has 1 aromatic carbocycles. The van der Waals surface area contributed by atoms with Crippen molar-refractivity contribution in [3.8, 4) is 0 Å². The van der Waals surface area contributed by atoms with Gasteiger partial charge in [-0.3, -0.25) is 0 Å². The van der Waals surface area contributed by atoms with Crippen LogP contribution < -0.4 is 5.73 Å². The summed E-state index contributed by atoms with van der Waals surface area (Å²) in [6, 6.07) is 12.6. The zero-order chi connectivity index (χ0) is 10.5. The zero-order valence-corrected chi connectivity index (χ0v) is 9.98. The summed E-state index contributed by atoms with van der Waals surface area (Å²) in [4.78, 5) is 0. The molecule has 0 atom stereocenters. The number of thiophene rings is 1. The minimum Gasteiger partial charge on any atom is -0.326 e. The molecule has 78 valence electrons. The molecule has 1 heterocycles. The first-order valence-corrected chi connectivity index (χ1v) is 6.70. The highest BCUT2D eigenvalue weighted by Crippen LogP contribution is 2.27. The van der Waals surface area contributed by atoms with Gasteiger partial charge in [-0.1, -0.05) is 30.3 Å². The molecule has 2 aromatic rings. The molecule has 2 N–H and O–H groups in total. The first-order chi connectivity index (χ1) is 7.40. The first kappa shape index (κ1) is 10.7. The van der Waals surface area contributed by atoms with Crippen molar-refractivity contribution in [1.29, 1.82) is 0 Å². The number of benzene rings is 1. The van der Waals surface area contributed by atoms with Crippen LogP contribution in [0, 0.1) is 0 Å². The van der Waals surface area contributed by atoms with Gasteiger partial charge in [0.05, 0.1) is 4.21 Å². The highest BCUT2D eigenvalue weighted by Gasteiger charge is 2.01. The molecule has 0 amide bonds. The summed E-state index contributed by atoms with van der Waals surface area (Å²) in [5.74, 6) is 1.01. The van der Waals surface area contributed by atoms with Crippen LogP contribution in [0.2, 0.25) is 0 Å². The minimum absolute atomic E-state index is 0.626. The monoisotopic (exact) mass is 235 g/mol. The number of nitrogens with two attached hydrogens (primary N) is 1. The van der Waals surface area contributed by atoms with Crippen LogP contribution in [0.25, 0.3) is 0 Å². The smallest absolute Gasteiger partial charge is 0.0601 e. The Bertz CT molecular complexity index is 409. The Morgan fingerprint density at radius 2 is 1.87 bits per heavy atom. The Kier molecular flexibility index (Phi) is 3.83. The molecule has 2 rings (SSSR count). The molecule has 1 nitrogen and oxygen atoms in total. The SMILES string of the molecule is NCc1ccccc1CSc1cccs1. The summed E-state index contributed by atoms with van der Waals surface area (Å²) in [6.45, 7) is 0.626. The predicted molar refractivity (Wildman–Crippen MR) is 68.2 cm³/mol. The molecule has 3 heteroatoms. The molecule has 0 saturated carbocycles. The molecule has 0 bridgehead atoms. The van der Waals surface area contributed by atoms with Gasteiger partial charge in [-0.15, -0.1) is 23.1 Å². The van der Waals surface area contributed by atoms with Crippen molar-refractivity contribution in [2.45, 2.75) is 16.5 Å². The second kappa shape index (κ2) is 5.35. The number of rotatable bonds is 4. The average Bonchev–Trinajstić information content (AvgIpc) is 2.79. The lowest BCUT2D eigenvalue weighted by Gasteiger charge is -2.05. The third-order valence-electron chi connectivity index (χ3n) is 2.20. The third kappa shape index (κ3) is 2.84. The van der Waals surface area contributed by atoms with Crippen molar-refractivity contribution >= 4 is 23.1 Å². The summed E-state index contributed by atoms with van der Waals surface area (Å²) in [7, 11) is 0.